The van der Waals surface area contributed by atoms with Gasteiger partial charge in [-0.05, 0) is 32.6 Å². The molecule has 0 bridgehead atoms. The maximum atomic E-state index is 12.0. The highest BCUT2D eigenvalue weighted by molar-refractivity contribution is 5.87. The Morgan fingerprint density at radius 3 is 1.97 bits per heavy atom. The Morgan fingerprint density at radius 2 is 1.37 bits per heavy atom. The molecule has 0 fully saturated rings. The molecule has 0 aliphatic carbocycles. The Bertz CT molecular complexity index is 596. The van der Waals surface area contributed by atoms with Crippen molar-refractivity contribution in [2.45, 2.75) is 84.2 Å². The molecule has 0 spiro atoms. The molecule has 0 aromatic heterocycles. The maximum Gasteiger partial charge on any atom is 0.244 e. The molecule has 0 saturated carbocycles. The van der Waals surface area contributed by atoms with Crippen LogP contribution in [0.4, 0.5) is 0 Å². The lowest BCUT2D eigenvalue weighted by atomic mass is 9.90. The van der Waals surface area contributed by atoms with Gasteiger partial charge in [-0.25, -0.2) is 0 Å². The molecule has 168 valence electrons. The number of carbonyl (C=O) groups excluding carboxylic acids is 1. The van der Waals surface area contributed by atoms with Gasteiger partial charge < -0.3 is 10.4 Å². The van der Waals surface area contributed by atoms with E-state index in [0.717, 1.165) is 57.8 Å². The van der Waals surface area contributed by atoms with Crippen molar-refractivity contribution in [3.63, 3.8) is 0 Å². The fourth-order valence-corrected chi connectivity index (χ4v) is 2.87. The Kier molecular flexibility index (Phi) is 18.7. The second-order valence-electron chi connectivity index (χ2n) is 7.59. The minimum atomic E-state index is -0.788. The number of unbranched alkanes of at least 4 members (excludes halogenated alkanes) is 4. The fraction of sp³-hybridized carbons (Fsp3) is 0.519. The summed E-state index contributed by atoms with van der Waals surface area (Å²) >= 11 is 0. The van der Waals surface area contributed by atoms with Crippen molar-refractivity contribution in [2.24, 2.45) is 0 Å². The summed E-state index contributed by atoms with van der Waals surface area (Å²) in [7, 11) is 0. The molecular weight excluding hydrogens is 370 g/mol. The molecule has 1 amide bonds. The summed E-state index contributed by atoms with van der Waals surface area (Å²) in [6.45, 7) is 6.59. The lowest BCUT2D eigenvalue weighted by Crippen LogP contribution is -2.42. The van der Waals surface area contributed by atoms with Gasteiger partial charge in [0.05, 0.1) is 5.60 Å². The molecule has 0 heterocycles. The first-order valence-corrected chi connectivity index (χ1v) is 11.5. The van der Waals surface area contributed by atoms with E-state index in [1.54, 1.807) is 6.08 Å². The van der Waals surface area contributed by atoms with E-state index in [1.807, 2.05) is 49.5 Å². The molecule has 0 aromatic rings. The van der Waals surface area contributed by atoms with Crippen LogP contribution in [0.25, 0.3) is 0 Å². The topological polar surface area (TPSA) is 49.3 Å². The van der Waals surface area contributed by atoms with E-state index >= 15 is 0 Å². The van der Waals surface area contributed by atoms with Crippen LogP contribution >= 0.6 is 0 Å². The third-order valence-electron chi connectivity index (χ3n) is 4.71. The summed E-state index contributed by atoms with van der Waals surface area (Å²) in [5.74, 6) is -0.162. The molecule has 3 nitrogen and oxygen atoms in total. The minimum absolute atomic E-state index is 0.162. The Hall–Kier alpha value is -2.13. The van der Waals surface area contributed by atoms with Crippen LogP contribution in [0.5, 0.6) is 0 Å². The van der Waals surface area contributed by atoms with Crippen LogP contribution in [0.15, 0.2) is 72.9 Å². The van der Waals surface area contributed by atoms with Crippen LogP contribution in [0.1, 0.15) is 78.6 Å². The third-order valence-corrected chi connectivity index (χ3v) is 4.71. The summed E-state index contributed by atoms with van der Waals surface area (Å²) < 4.78 is 0. The lowest BCUT2D eigenvalue weighted by Gasteiger charge is -2.28. The van der Waals surface area contributed by atoms with E-state index < -0.39 is 5.60 Å². The van der Waals surface area contributed by atoms with Gasteiger partial charge in [-0.2, -0.15) is 0 Å². The first-order valence-electron chi connectivity index (χ1n) is 11.5. The van der Waals surface area contributed by atoms with Crippen molar-refractivity contribution in [3.8, 4) is 0 Å². The average molecular weight is 414 g/mol. The van der Waals surface area contributed by atoms with Crippen LogP contribution < -0.4 is 5.32 Å². The predicted octanol–water partition coefficient (Wildman–Crippen LogP) is 6.74. The van der Waals surface area contributed by atoms with Crippen molar-refractivity contribution in [2.75, 3.05) is 6.54 Å². The Balaban J connectivity index is 4.17. The van der Waals surface area contributed by atoms with E-state index in [0.29, 0.717) is 6.54 Å². The minimum Gasteiger partial charge on any atom is -0.388 e. The monoisotopic (exact) mass is 413 g/mol. The second-order valence-corrected chi connectivity index (χ2v) is 7.59. The van der Waals surface area contributed by atoms with Gasteiger partial charge in [-0.15, -0.1) is 0 Å². The molecule has 30 heavy (non-hydrogen) atoms. The number of hydrogen-bond donors (Lipinski definition) is 2. The normalized spacial score (nSPS) is 14.9. The van der Waals surface area contributed by atoms with Gasteiger partial charge in [0.15, 0.2) is 0 Å². The van der Waals surface area contributed by atoms with E-state index in [4.69, 9.17) is 0 Å². The van der Waals surface area contributed by atoms with Gasteiger partial charge in [0, 0.05) is 12.6 Å². The molecule has 1 atom stereocenters. The third kappa shape index (κ3) is 17.9. The highest BCUT2D eigenvalue weighted by atomic mass is 16.3. The number of nitrogens with one attached hydrogen (secondary N) is 1. The van der Waals surface area contributed by atoms with Crippen molar-refractivity contribution in [1.82, 2.24) is 5.32 Å². The molecular formula is C27H43NO2. The molecule has 0 radical (unpaired) electrons. The molecule has 0 aliphatic heterocycles. The SMILES string of the molecule is CC=CC=CC=CCCC=CC=CC=CC(=O)NCC(O)(CCCC)CCCCC. The molecule has 0 rings (SSSR count). The van der Waals surface area contributed by atoms with Gasteiger partial charge in [0.1, 0.15) is 0 Å². The lowest BCUT2D eigenvalue weighted by molar-refractivity contribution is -0.118. The Labute approximate surface area is 185 Å². The van der Waals surface area contributed by atoms with Gasteiger partial charge in [0.2, 0.25) is 5.91 Å². The van der Waals surface area contributed by atoms with Gasteiger partial charge in [-0.3, -0.25) is 4.79 Å². The van der Waals surface area contributed by atoms with Gasteiger partial charge in [-0.1, -0.05) is 113 Å². The van der Waals surface area contributed by atoms with Crippen LogP contribution in [0.3, 0.4) is 0 Å². The van der Waals surface area contributed by atoms with Gasteiger partial charge in [0.25, 0.3) is 0 Å². The molecule has 0 saturated heterocycles. The number of carbonyl (C=O) groups is 1. The number of rotatable bonds is 17. The Morgan fingerprint density at radius 1 is 0.800 bits per heavy atom. The molecule has 3 heteroatoms. The number of aliphatic hydroxyl groups is 1. The van der Waals surface area contributed by atoms with E-state index in [-0.39, 0.29) is 5.91 Å². The second kappa shape index (κ2) is 20.2. The van der Waals surface area contributed by atoms with Crippen molar-refractivity contribution in [3.05, 3.63) is 72.9 Å². The van der Waals surface area contributed by atoms with E-state index in [9.17, 15) is 9.90 Å². The zero-order chi connectivity index (χ0) is 22.3. The largest absolute Gasteiger partial charge is 0.388 e. The zero-order valence-corrected chi connectivity index (χ0v) is 19.4. The van der Waals surface area contributed by atoms with Crippen LogP contribution in [0.2, 0.25) is 0 Å². The molecule has 2 N–H and O–H groups in total. The average Bonchev–Trinajstić information content (AvgIpc) is 2.74. The summed E-state index contributed by atoms with van der Waals surface area (Å²) in [4.78, 5) is 12.0. The highest BCUT2D eigenvalue weighted by Gasteiger charge is 2.25. The van der Waals surface area contributed by atoms with E-state index in [2.05, 4.69) is 37.4 Å². The summed E-state index contributed by atoms with van der Waals surface area (Å²) in [5.41, 5.74) is -0.788. The van der Waals surface area contributed by atoms with Crippen molar-refractivity contribution < 1.29 is 9.90 Å². The highest BCUT2D eigenvalue weighted by Crippen LogP contribution is 2.21. The molecule has 1 unspecified atom stereocenters. The first-order chi connectivity index (χ1) is 14.6. The van der Waals surface area contributed by atoms with Crippen molar-refractivity contribution >= 4 is 5.91 Å². The first kappa shape index (κ1) is 27.9. The van der Waals surface area contributed by atoms with E-state index in [1.165, 1.54) is 6.08 Å². The quantitative estimate of drug-likeness (QED) is 0.157. The summed E-state index contributed by atoms with van der Waals surface area (Å²) in [6.07, 6.45) is 32.1. The molecule has 0 aliphatic rings. The van der Waals surface area contributed by atoms with Crippen LogP contribution in [-0.2, 0) is 4.79 Å². The van der Waals surface area contributed by atoms with Gasteiger partial charge >= 0.3 is 0 Å². The zero-order valence-electron chi connectivity index (χ0n) is 19.4. The van der Waals surface area contributed by atoms with Crippen LogP contribution in [-0.4, -0.2) is 23.2 Å². The fourth-order valence-electron chi connectivity index (χ4n) is 2.87. The smallest absolute Gasteiger partial charge is 0.244 e. The van der Waals surface area contributed by atoms with Crippen LogP contribution in [0, 0.1) is 0 Å². The van der Waals surface area contributed by atoms with Crippen molar-refractivity contribution in [1.29, 1.82) is 0 Å². The number of allylic oxidation sites excluding steroid dienone is 11. The predicted molar refractivity (Wildman–Crippen MR) is 131 cm³/mol. The number of amides is 1. The standard InChI is InChI=1S/C27H43NO2/c1-4-7-10-11-12-13-14-15-16-17-18-19-20-22-26(29)28-25-27(30,23-9-6-3)24-21-8-5-2/h4,7,10-13,16-20,22,30H,5-6,8-9,14-15,21,23-25H2,1-3H3,(H,28,29). The summed E-state index contributed by atoms with van der Waals surface area (Å²) in [5, 5.41) is 13.7. The maximum absolute atomic E-state index is 12.0. The number of hydrogen-bond acceptors (Lipinski definition) is 2. The summed E-state index contributed by atoms with van der Waals surface area (Å²) in [6, 6.07) is 0. The molecule has 0 aromatic carbocycles.